The van der Waals surface area contributed by atoms with Gasteiger partial charge in [-0.1, -0.05) is 66.7 Å². The summed E-state index contributed by atoms with van der Waals surface area (Å²) in [5, 5.41) is 5.19. The molecule has 6 atom stereocenters. The summed E-state index contributed by atoms with van der Waals surface area (Å²) in [5.41, 5.74) is 2.28. The lowest BCUT2D eigenvalue weighted by atomic mass is 10.1. The monoisotopic (exact) mass is 1100 g/mol. The molecule has 1 N–H and O–H groups in total. The number of anilines is 3. The fourth-order valence-electron chi connectivity index (χ4n) is 9.35. The van der Waals surface area contributed by atoms with Crippen molar-refractivity contribution in [1.29, 1.82) is 0 Å². The Labute approximate surface area is 443 Å². The largest absolute Gasteiger partial charge is 0.508 e. The van der Waals surface area contributed by atoms with Crippen molar-refractivity contribution in [2.24, 2.45) is 0 Å². The van der Waals surface area contributed by atoms with Gasteiger partial charge in [-0.15, -0.1) is 0 Å². The van der Waals surface area contributed by atoms with Crippen molar-refractivity contribution in [3.05, 3.63) is 121 Å². The van der Waals surface area contributed by atoms with Gasteiger partial charge in [-0.2, -0.15) is 0 Å². The van der Waals surface area contributed by atoms with E-state index in [-0.39, 0.29) is 45.9 Å². The van der Waals surface area contributed by atoms with Crippen LogP contribution < -0.4 is 15.1 Å². The zero-order valence-corrected chi connectivity index (χ0v) is 44.3. The van der Waals surface area contributed by atoms with Gasteiger partial charge in [0.25, 0.3) is 5.91 Å². The van der Waals surface area contributed by atoms with Crippen LogP contribution in [-0.4, -0.2) is 159 Å². The van der Waals surface area contributed by atoms with Gasteiger partial charge < -0.3 is 53.0 Å². The molecule has 2 aromatic heterocycles. The smallest absolute Gasteiger partial charge is 0.433 e. The third kappa shape index (κ3) is 12.1. The van der Waals surface area contributed by atoms with Gasteiger partial charge in [0.1, 0.15) is 38.4 Å². The average Bonchev–Trinajstić information content (AvgIpc) is 4.07. The van der Waals surface area contributed by atoms with Gasteiger partial charge in [-0.05, 0) is 42.8 Å². The Balaban J connectivity index is 0.966. The molecule has 4 heterocycles. The minimum absolute atomic E-state index is 0.0472. The summed E-state index contributed by atoms with van der Waals surface area (Å²) in [5.74, 6) is -1.59. The van der Waals surface area contributed by atoms with Crippen LogP contribution in [0.5, 0.6) is 0 Å². The number of benzene rings is 5. The van der Waals surface area contributed by atoms with Gasteiger partial charge in [-0.3, -0.25) is 9.36 Å². The third-order valence-electron chi connectivity index (χ3n) is 13.1. The van der Waals surface area contributed by atoms with E-state index in [0.717, 1.165) is 16.8 Å². The summed E-state index contributed by atoms with van der Waals surface area (Å²) < 4.78 is 104. The number of amides is 1. The van der Waals surface area contributed by atoms with Gasteiger partial charge in [0, 0.05) is 80.2 Å². The number of imidazole rings is 1. The van der Waals surface area contributed by atoms with Crippen LogP contribution in [0, 0.1) is 0 Å². The fourth-order valence-corrected chi connectivity index (χ4v) is 12.0. The molecule has 0 bridgehead atoms. The number of rotatable bonds is 19. The van der Waals surface area contributed by atoms with Crippen LogP contribution >= 0.6 is 0 Å². The number of aromatic nitrogens is 4. The number of carbonyl (C=O) groups excluding carboxylic acids is 3. The van der Waals surface area contributed by atoms with Gasteiger partial charge in [0.05, 0.1) is 40.3 Å². The molecule has 24 heteroatoms. The summed E-state index contributed by atoms with van der Waals surface area (Å²) in [6, 6.07) is 29.0. The van der Waals surface area contributed by atoms with Crippen LogP contribution in [0.25, 0.3) is 32.7 Å². The van der Waals surface area contributed by atoms with Crippen molar-refractivity contribution in [3.63, 3.8) is 0 Å². The molecule has 0 spiro atoms. The zero-order chi connectivity index (χ0) is 54.4. The van der Waals surface area contributed by atoms with Crippen LogP contribution in [0.4, 0.5) is 26.8 Å². The number of nitrogens with one attached hydrogen (secondary N) is 1. The van der Waals surface area contributed by atoms with Crippen LogP contribution in [0.15, 0.2) is 126 Å². The van der Waals surface area contributed by atoms with E-state index in [1.165, 1.54) is 29.4 Å². The zero-order valence-electron chi connectivity index (χ0n) is 42.7. The molecule has 1 amide bonds. The molecule has 9 rings (SSSR count). The molecule has 5 aromatic carbocycles. The number of carbonyl (C=O) groups is 3. The van der Waals surface area contributed by atoms with Crippen molar-refractivity contribution >= 4 is 87.8 Å². The van der Waals surface area contributed by atoms with Crippen molar-refractivity contribution in [2.75, 3.05) is 88.4 Å². The molecule has 406 valence electrons. The SMILES string of the molecule is COC1CCOC(O[C@@H]2[C@H](OC(=O)OCCS(=O)(=O)c3cccc4c(N(C)C)cccc34)[C@@H](COC(=O)OCCS(=O)(=O)c3cccc4c(N(C)C)cccc34)O[C@H]2n2cnc3c(NC(=O)c4ccccc4)ncnc32)C1. The molecular weight excluding hydrogens is 1040 g/mol. The van der Waals surface area contributed by atoms with Crippen molar-refractivity contribution in [1.82, 2.24) is 19.5 Å². The van der Waals surface area contributed by atoms with Crippen LogP contribution in [0.3, 0.4) is 0 Å². The first-order valence-electron chi connectivity index (χ1n) is 24.5. The number of fused-ring (bicyclic) bond motifs is 3. The lowest BCUT2D eigenvalue weighted by Gasteiger charge is -2.33. The highest BCUT2D eigenvalue weighted by molar-refractivity contribution is 7.92. The Morgan fingerprint density at radius 2 is 1.30 bits per heavy atom. The van der Waals surface area contributed by atoms with Crippen LogP contribution in [0.1, 0.15) is 29.4 Å². The topological polar surface area (TPSA) is 255 Å². The van der Waals surface area contributed by atoms with Gasteiger partial charge in [0.15, 0.2) is 55.3 Å². The summed E-state index contributed by atoms with van der Waals surface area (Å²) in [4.78, 5) is 57.5. The van der Waals surface area contributed by atoms with Crippen LogP contribution in [0.2, 0.25) is 0 Å². The Bertz CT molecular complexity index is 3510. The molecule has 77 heavy (non-hydrogen) atoms. The maximum Gasteiger partial charge on any atom is 0.508 e. The minimum atomic E-state index is -4.04. The number of methoxy groups -OCH3 is 1. The van der Waals surface area contributed by atoms with E-state index in [0.29, 0.717) is 28.1 Å². The van der Waals surface area contributed by atoms with Crippen molar-refractivity contribution < 1.29 is 69.1 Å². The summed E-state index contributed by atoms with van der Waals surface area (Å²) in [7, 11) is 0.927. The first kappa shape index (κ1) is 54.3. The predicted molar refractivity (Wildman–Crippen MR) is 282 cm³/mol. The molecule has 2 aliphatic heterocycles. The first-order valence-corrected chi connectivity index (χ1v) is 27.8. The fraction of sp³-hybridized carbons (Fsp3) is 0.358. The Morgan fingerprint density at radius 1 is 0.701 bits per heavy atom. The molecule has 7 aromatic rings. The average molecular weight is 1100 g/mol. The molecular formula is C53H57N7O15S2. The Kier molecular flexibility index (Phi) is 16.5. The normalized spacial score (nSPS) is 19.7. The van der Waals surface area contributed by atoms with Gasteiger partial charge >= 0.3 is 12.3 Å². The summed E-state index contributed by atoms with van der Waals surface area (Å²) in [6.45, 7) is -1.62. The highest BCUT2D eigenvalue weighted by Crippen LogP contribution is 2.39. The molecule has 0 saturated carbocycles. The minimum Gasteiger partial charge on any atom is -0.433 e. The second-order valence-electron chi connectivity index (χ2n) is 18.5. The molecule has 2 saturated heterocycles. The lowest BCUT2D eigenvalue weighted by Crippen LogP contribution is -2.44. The molecule has 0 radical (unpaired) electrons. The number of ether oxygens (including phenoxy) is 8. The van der Waals surface area contributed by atoms with Crippen molar-refractivity contribution in [2.45, 2.75) is 59.6 Å². The second-order valence-corrected chi connectivity index (χ2v) is 22.6. The number of hydrogen-bond acceptors (Lipinski definition) is 20. The quantitative estimate of drug-likeness (QED) is 0.0840. The number of nitrogens with zero attached hydrogens (tertiary/aromatic N) is 6. The van der Waals surface area contributed by atoms with E-state index in [2.05, 4.69) is 20.3 Å². The second kappa shape index (κ2) is 23.4. The highest BCUT2D eigenvalue weighted by atomic mass is 32.2. The van der Waals surface area contributed by atoms with E-state index in [4.69, 9.17) is 37.9 Å². The summed E-state index contributed by atoms with van der Waals surface area (Å²) in [6.07, 6.45) is -5.96. The van der Waals surface area contributed by atoms with Crippen LogP contribution in [-0.2, 0) is 57.6 Å². The number of sulfone groups is 2. The number of hydrogen-bond donors (Lipinski definition) is 1. The predicted octanol–water partition coefficient (Wildman–Crippen LogP) is 6.57. The third-order valence-corrected chi connectivity index (χ3v) is 16.6. The van der Waals surface area contributed by atoms with Gasteiger partial charge in [0.2, 0.25) is 0 Å². The highest BCUT2D eigenvalue weighted by Gasteiger charge is 2.52. The van der Waals surface area contributed by atoms with Crippen molar-refractivity contribution in [3.8, 4) is 0 Å². The van der Waals surface area contributed by atoms with E-state index in [1.807, 2.05) is 62.3 Å². The molecule has 0 aliphatic carbocycles. The molecule has 2 unspecified atom stereocenters. The van der Waals surface area contributed by atoms with E-state index in [1.54, 1.807) is 73.8 Å². The Morgan fingerprint density at radius 3 is 1.91 bits per heavy atom. The van der Waals surface area contributed by atoms with E-state index in [9.17, 15) is 31.2 Å². The standard InChI is InChI=1S/C53H57N7O15S2/c1-58(2)39-19-9-17-37-35(39)15-11-21-42(37)76(64,65)27-25-70-52(62)72-30-41-46(75-53(63)71-26-28-77(66,67)43-22-12-16-36-38(43)18-10-20-40(36)59(3)4)47(74-44-29-34(68-5)23-24-69-44)51(73-41)60-32-56-45-48(54-31-55-49(45)60)57-50(61)33-13-7-6-8-14-33/h6-22,31-32,34,41,44,46-47,51H,23-30H2,1-5H3,(H,54,55,57,61)/t34?,41-,44?,46-,47-,51-/m1/s1. The Hall–Kier alpha value is -7.48. The van der Waals surface area contributed by atoms with Gasteiger partial charge in [-0.25, -0.2) is 41.4 Å². The molecule has 2 aliphatic rings. The lowest BCUT2D eigenvalue weighted by molar-refractivity contribution is -0.232. The maximum atomic E-state index is 13.9. The maximum absolute atomic E-state index is 13.9. The summed E-state index contributed by atoms with van der Waals surface area (Å²) >= 11 is 0. The molecule has 22 nitrogen and oxygen atoms in total. The van der Waals surface area contributed by atoms with E-state index < -0.39 is 100 Å². The first-order chi connectivity index (χ1) is 37.0. The molecule has 2 fully saturated rings. The van der Waals surface area contributed by atoms with E-state index >= 15 is 0 Å².